The lowest BCUT2D eigenvalue weighted by molar-refractivity contribution is 0.0943. The number of piperazine rings is 1. The van der Waals surface area contributed by atoms with E-state index in [2.05, 4.69) is 47.4 Å². The Labute approximate surface area is 164 Å². The molecule has 1 amide bonds. The molecular weight excluding hydrogens is 358 g/mol. The highest BCUT2D eigenvalue weighted by Gasteiger charge is 2.26. The first-order valence-electron chi connectivity index (χ1n) is 9.81. The van der Waals surface area contributed by atoms with Crippen LogP contribution in [0.3, 0.4) is 0 Å². The molecule has 0 spiro atoms. The van der Waals surface area contributed by atoms with E-state index in [9.17, 15) is 4.79 Å². The van der Waals surface area contributed by atoms with Gasteiger partial charge < -0.3 is 19.7 Å². The van der Waals surface area contributed by atoms with E-state index in [-0.39, 0.29) is 5.91 Å². The van der Waals surface area contributed by atoms with Gasteiger partial charge in [-0.1, -0.05) is 6.92 Å². The fourth-order valence-electron chi connectivity index (χ4n) is 3.09. The number of hydrogen-bond acceptors (Lipinski definition) is 8. The predicted molar refractivity (Wildman–Crippen MR) is 106 cm³/mol. The second-order valence-corrected chi connectivity index (χ2v) is 7.42. The minimum Gasteiger partial charge on any atom is -0.348 e. The minimum absolute atomic E-state index is 0.103. The Morgan fingerprint density at radius 3 is 2.57 bits per heavy atom. The van der Waals surface area contributed by atoms with Gasteiger partial charge in [-0.25, -0.2) is 4.98 Å². The summed E-state index contributed by atoms with van der Waals surface area (Å²) in [5.41, 5.74) is 0.512. The molecule has 0 aromatic carbocycles. The third-order valence-electron chi connectivity index (χ3n) is 5.13. The summed E-state index contributed by atoms with van der Waals surface area (Å²) in [7, 11) is 3.92. The Morgan fingerprint density at radius 1 is 1.14 bits per heavy atom. The third kappa shape index (κ3) is 4.06. The van der Waals surface area contributed by atoms with Crippen LogP contribution in [0.4, 0.5) is 17.8 Å². The van der Waals surface area contributed by atoms with Crippen LogP contribution in [-0.4, -0.2) is 74.6 Å². The molecule has 150 valence electrons. The van der Waals surface area contributed by atoms with Crippen LogP contribution in [-0.2, 0) is 13.5 Å². The van der Waals surface area contributed by atoms with E-state index in [1.807, 2.05) is 6.92 Å². The first-order valence-corrected chi connectivity index (χ1v) is 9.81. The molecule has 2 aromatic rings. The van der Waals surface area contributed by atoms with E-state index >= 15 is 0 Å². The van der Waals surface area contributed by atoms with Gasteiger partial charge in [0.05, 0.1) is 6.20 Å². The number of hydrogen-bond donors (Lipinski definition) is 2. The summed E-state index contributed by atoms with van der Waals surface area (Å²) in [6, 6.07) is 0.306. The standard InChI is InChI=1S/C18H27N9O/c1-4-14-21-16(24-18(22-14)27-9-7-25(2)8-10-27)23-17-19-11-13(26(17)3)15(28)20-12-5-6-12/h11-12H,4-10H2,1-3H3,(H,20,28)(H,19,21,22,23,24). The number of rotatable bonds is 6. The van der Waals surface area contributed by atoms with E-state index in [1.54, 1.807) is 17.8 Å². The first kappa shape index (κ1) is 18.6. The van der Waals surface area contributed by atoms with E-state index in [0.29, 0.717) is 36.0 Å². The maximum absolute atomic E-state index is 12.3. The van der Waals surface area contributed by atoms with Crippen molar-refractivity contribution < 1.29 is 4.79 Å². The average molecular weight is 385 g/mol. The largest absolute Gasteiger partial charge is 0.348 e. The Bertz CT molecular complexity index is 853. The van der Waals surface area contributed by atoms with Crippen molar-refractivity contribution in [3.63, 3.8) is 0 Å². The number of imidazole rings is 1. The summed E-state index contributed by atoms with van der Waals surface area (Å²) in [6.07, 6.45) is 4.39. The van der Waals surface area contributed by atoms with E-state index < -0.39 is 0 Å². The van der Waals surface area contributed by atoms with Crippen molar-refractivity contribution in [3.05, 3.63) is 17.7 Å². The van der Waals surface area contributed by atoms with Crippen LogP contribution in [0.15, 0.2) is 6.20 Å². The Morgan fingerprint density at radius 2 is 1.89 bits per heavy atom. The second-order valence-electron chi connectivity index (χ2n) is 7.42. The molecule has 2 aliphatic rings. The fraction of sp³-hybridized carbons (Fsp3) is 0.611. The second kappa shape index (κ2) is 7.70. The van der Waals surface area contributed by atoms with Crippen LogP contribution < -0.4 is 15.5 Å². The minimum atomic E-state index is -0.103. The van der Waals surface area contributed by atoms with Gasteiger partial charge in [-0.2, -0.15) is 15.0 Å². The van der Waals surface area contributed by atoms with Gasteiger partial charge in [0.25, 0.3) is 5.91 Å². The summed E-state index contributed by atoms with van der Waals surface area (Å²) in [5, 5.41) is 6.13. The molecule has 28 heavy (non-hydrogen) atoms. The van der Waals surface area contributed by atoms with Crippen LogP contribution >= 0.6 is 0 Å². The van der Waals surface area contributed by atoms with Crippen molar-refractivity contribution in [1.82, 2.24) is 34.7 Å². The number of nitrogens with zero attached hydrogens (tertiary/aromatic N) is 7. The molecule has 1 aliphatic carbocycles. The monoisotopic (exact) mass is 385 g/mol. The zero-order chi connectivity index (χ0) is 19.7. The number of aryl methyl sites for hydroxylation is 1. The quantitative estimate of drug-likeness (QED) is 0.743. The number of likely N-dealkylation sites (N-methyl/N-ethyl adjacent to an activating group) is 1. The lowest BCUT2D eigenvalue weighted by atomic mass is 10.3. The van der Waals surface area contributed by atoms with Crippen molar-refractivity contribution in [2.45, 2.75) is 32.2 Å². The highest BCUT2D eigenvalue weighted by Crippen LogP contribution is 2.21. The van der Waals surface area contributed by atoms with Gasteiger partial charge in [0.2, 0.25) is 17.8 Å². The number of carbonyl (C=O) groups excluding carboxylic acids is 1. The molecule has 10 heteroatoms. The maximum Gasteiger partial charge on any atom is 0.269 e. The molecule has 1 aliphatic heterocycles. The van der Waals surface area contributed by atoms with E-state index in [0.717, 1.165) is 44.8 Å². The van der Waals surface area contributed by atoms with Gasteiger partial charge in [-0.15, -0.1) is 0 Å². The van der Waals surface area contributed by atoms with Gasteiger partial charge in [0.1, 0.15) is 11.5 Å². The molecule has 0 unspecified atom stereocenters. The van der Waals surface area contributed by atoms with Crippen LogP contribution in [0, 0.1) is 0 Å². The Balaban J connectivity index is 1.53. The predicted octanol–water partition coefficient (Wildman–Crippen LogP) is 0.555. The lowest BCUT2D eigenvalue weighted by Gasteiger charge is -2.32. The Kier molecular flexibility index (Phi) is 5.12. The highest BCUT2D eigenvalue weighted by atomic mass is 16.2. The van der Waals surface area contributed by atoms with Crippen LogP contribution in [0.1, 0.15) is 36.1 Å². The SMILES string of the molecule is CCc1nc(Nc2ncc(C(=O)NC3CC3)n2C)nc(N2CCN(C)CC2)n1. The molecule has 0 bridgehead atoms. The van der Waals surface area contributed by atoms with Gasteiger partial charge in [0.15, 0.2) is 0 Å². The molecule has 2 fully saturated rings. The summed E-state index contributed by atoms with van der Waals surface area (Å²) < 4.78 is 1.72. The smallest absolute Gasteiger partial charge is 0.269 e. The normalized spacial score (nSPS) is 17.6. The molecule has 0 atom stereocenters. The van der Waals surface area contributed by atoms with Gasteiger partial charge in [-0.05, 0) is 19.9 Å². The summed E-state index contributed by atoms with van der Waals surface area (Å²) >= 11 is 0. The van der Waals surface area contributed by atoms with Crippen molar-refractivity contribution in [3.8, 4) is 0 Å². The van der Waals surface area contributed by atoms with Crippen LogP contribution in [0.25, 0.3) is 0 Å². The van der Waals surface area contributed by atoms with Gasteiger partial charge in [-0.3, -0.25) is 10.1 Å². The van der Waals surface area contributed by atoms with Crippen molar-refractivity contribution in [1.29, 1.82) is 0 Å². The molecule has 10 nitrogen and oxygen atoms in total. The maximum atomic E-state index is 12.3. The zero-order valence-electron chi connectivity index (χ0n) is 16.6. The molecule has 4 rings (SSSR count). The molecule has 3 heterocycles. The van der Waals surface area contributed by atoms with Crippen LogP contribution in [0.2, 0.25) is 0 Å². The van der Waals surface area contributed by atoms with Crippen molar-refractivity contribution in [2.75, 3.05) is 43.4 Å². The highest BCUT2D eigenvalue weighted by molar-refractivity contribution is 5.93. The molecule has 2 aromatic heterocycles. The first-order chi connectivity index (χ1) is 13.5. The van der Waals surface area contributed by atoms with Crippen molar-refractivity contribution in [2.24, 2.45) is 7.05 Å². The number of amides is 1. The van der Waals surface area contributed by atoms with Gasteiger partial charge >= 0.3 is 0 Å². The topological polar surface area (TPSA) is 104 Å². The summed E-state index contributed by atoms with van der Waals surface area (Å²) in [4.78, 5) is 34.8. The third-order valence-corrected chi connectivity index (χ3v) is 5.13. The lowest BCUT2D eigenvalue weighted by Crippen LogP contribution is -2.45. The molecule has 0 radical (unpaired) electrons. The van der Waals surface area contributed by atoms with E-state index in [1.165, 1.54) is 0 Å². The van der Waals surface area contributed by atoms with Crippen molar-refractivity contribution >= 4 is 23.8 Å². The number of nitrogens with one attached hydrogen (secondary N) is 2. The van der Waals surface area contributed by atoms with Crippen LogP contribution in [0.5, 0.6) is 0 Å². The number of anilines is 3. The summed E-state index contributed by atoms with van der Waals surface area (Å²) in [6.45, 7) is 5.76. The molecule has 2 N–H and O–H groups in total. The number of aromatic nitrogens is 5. The fourth-order valence-corrected chi connectivity index (χ4v) is 3.09. The Hall–Kier alpha value is -2.75. The van der Waals surface area contributed by atoms with Gasteiger partial charge in [0, 0.05) is 45.7 Å². The average Bonchev–Trinajstić information content (AvgIpc) is 3.44. The zero-order valence-corrected chi connectivity index (χ0v) is 16.6. The summed E-state index contributed by atoms with van der Waals surface area (Å²) in [5.74, 6) is 2.28. The molecule has 1 saturated carbocycles. The molecular formula is C18H27N9O. The molecule has 1 saturated heterocycles. The number of carbonyl (C=O) groups is 1. The van der Waals surface area contributed by atoms with E-state index in [4.69, 9.17) is 0 Å².